The third kappa shape index (κ3) is 6.36. The van der Waals surface area contributed by atoms with Gasteiger partial charge in [0.25, 0.3) is 0 Å². The first-order valence-electron chi connectivity index (χ1n) is 4.74. The summed E-state index contributed by atoms with van der Waals surface area (Å²) in [5.74, 6) is 0.770. The van der Waals surface area contributed by atoms with Gasteiger partial charge >= 0.3 is 0 Å². The van der Waals surface area contributed by atoms with E-state index in [0.717, 1.165) is 12.5 Å². The van der Waals surface area contributed by atoms with E-state index in [2.05, 4.69) is 13.8 Å². The molecule has 0 heterocycles. The minimum absolute atomic E-state index is 0.770. The van der Waals surface area contributed by atoms with Gasteiger partial charge in [0.15, 0.2) is 0 Å². The maximum atomic E-state index is 5.26. The van der Waals surface area contributed by atoms with Crippen molar-refractivity contribution in [3.05, 3.63) is 6.61 Å². The van der Waals surface area contributed by atoms with Crippen molar-refractivity contribution in [3.8, 4) is 0 Å². The summed E-state index contributed by atoms with van der Waals surface area (Å²) in [5, 5.41) is 0. The molecule has 11 heavy (non-hydrogen) atoms. The lowest BCUT2D eigenvalue weighted by molar-refractivity contribution is 0.149. The van der Waals surface area contributed by atoms with Crippen LogP contribution in [0.1, 0.15) is 46.5 Å². The number of unbranched alkanes of at least 4 members (excludes halogenated alkanes) is 1. The number of ether oxygens (including phenoxy) is 1. The SMILES string of the molecule is C[CH]OCC(CC)CCCC. The molecule has 0 saturated carbocycles. The Balaban J connectivity index is 3.25. The smallest absolute Gasteiger partial charge is 0.0806 e. The Kier molecular flexibility index (Phi) is 8.03. The molecular formula is C10H21O. The van der Waals surface area contributed by atoms with Crippen LogP contribution in [-0.2, 0) is 4.74 Å². The molecule has 0 aliphatic carbocycles. The third-order valence-corrected chi connectivity index (χ3v) is 2.04. The van der Waals surface area contributed by atoms with Gasteiger partial charge in [0.1, 0.15) is 0 Å². The first kappa shape index (κ1) is 11.0. The lowest BCUT2D eigenvalue weighted by atomic mass is 10.0. The Morgan fingerprint density at radius 3 is 2.55 bits per heavy atom. The van der Waals surface area contributed by atoms with E-state index in [-0.39, 0.29) is 0 Å². The highest BCUT2D eigenvalue weighted by atomic mass is 16.5. The van der Waals surface area contributed by atoms with E-state index in [1.807, 2.05) is 6.92 Å². The minimum atomic E-state index is 0.770. The van der Waals surface area contributed by atoms with Crippen LogP contribution >= 0.6 is 0 Å². The molecule has 0 aliphatic heterocycles. The molecule has 0 rings (SSSR count). The topological polar surface area (TPSA) is 9.23 Å². The zero-order valence-corrected chi connectivity index (χ0v) is 8.10. The van der Waals surface area contributed by atoms with E-state index in [0.29, 0.717) is 0 Å². The summed E-state index contributed by atoms with van der Waals surface area (Å²) in [7, 11) is 0. The van der Waals surface area contributed by atoms with E-state index >= 15 is 0 Å². The van der Waals surface area contributed by atoms with Crippen LogP contribution in [0.15, 0.2) is 0 Å². The molecule has 0 aromatic heterocycles. The second kappa shape index (κ2) is 8.06. The van der Waals surface area contributed by atoms with Gasteiger partial charge in [-0.1, -0.05) is 33.1 Å². The average Bonchev–Trinajstić information content (AvgIpc) is 2.05. The molecular weight excluding hydrogens is 136 g/mol. The zero-order valence-electron chi connectivity index (χ0n) is 8.10. The highest BCUT2D eigenvalue weighted by Crippen LogP contribution is 2.12. The normalized spacial score (nSPS) is 13.4. The highest BCUT2D eigenvalue weighted by molar-refractivity contribution is 4.56. The molecule has 1 atom stereocenters. The summed E-state index contributed by atoms with van der Waals surface area (Å²) in [4.78, 5) is 0. The number of hydrogen-bond donors (Lipinski definition) is 0. The van der Waals surface area contributed by atoms with Crippen LogP contribution in [0.25, 0.3) is 0 Å². The lowest BCUT2D eigenvalue weighted by Gasteiger charge is -2.12. The fraction of sp³-hybridized carbons (Fsp3) is 0.900. The van der Waals surface area contributed by atoms with E-state index in [9.17, 15) is 0 Å². The highest BCUT2D eigenvalue weighted by Gasteiger charge is 2.04. The largest absolute Gasteiger partial charge is 0.376 e. The molecule has 0 aromatic carbocycles. The molecule has 1 heteroatoms. The Labute approximate surface area is 71.1 Å². The lowest BCUT2D eigenvalue weighted by Crippen LogP contribution is -2.06. The van der Waals surface area contributed by atoms with Gasteiger partial charge in [-0.25, -0.2) is 0 Å². The fourth-order valence-electron chi connectivity index (χ4n) is 1.13. The molecule has 1 nitrogen and oxygen atoms in total. The van der Waals surface area contributed by atoms with Gasteiger partial charge < -0.3 is 4.74 Å². The summed E-state index contributed by atoms with van der Waals surface area (Å²) in [6, 6.07) is 0. The predicted octanol–water partition coefficient (Wildman–Crippen LogP) is 3.40. The van der Waals surface area contributed by atoms with Crippen molar-refractivity contribution in [3.63, 3.8) is 0 Å². The Hall–Kier alpha value is -0.0400. The van der Waals surface area contributed by atoms with Crippen LogP contribution in [-0.4, -0.2) is 6.61 Å². The van der Waals surface area contributed by atoms with Gasteiger partial charge in [0.2, 0.25) is 0 Å². The average molecular weight is 157 g/mol. The summed E-state index contributed by atoms with van der Waals surface area (Å²) < 4.78 is 5.26. The van der Waals surface area contributed by atoms with Crippen molar-refractivity contribution >= 4 is 0 Å². The standard InChI is InChI=1S/C10H21O/c1-4-7-8-10(5-2)9-11-6-3/h6,10H,4-5,7-9H2,1-3H3. The fourth-order valence-corrected chi connectivity index (χ4v) is 1.13. The Bertz CT molecular complexity index is 63.3. The van der Waals surface area contributed by atoms with Crippen LogP contribution < -0.4 is 0 Å². The molecule has 0 saturated heterocycles. The zero-order chi connectivity index (χ0) is 8.53. The van der Waals surface area contributed by atoms with Gasteiger partial charge in [-0.15, -0.1) is 0 Å². The molecule has 0 N–H and O–H groups in total. The van der Waals surface area contributed by atoms with Gasteiger partial charge in [0.05, 0.1) is 6.61 Å². The quantitative estimate of drug-likeness (QED) is 0.550. The van der Waals surface area contributed by atoms with Gasteiger partial charge in [0, 0.05) is 6.61 Å². The summed E-state index contributed by atoms with van der Waals surface area (Å²) in [5.41, 5.74) is 0. The van der Waals surface area contributed by atoms with Crippen molar-refractivity contribution in [2.45, 2.75) is 46.5 Å². The third-order valence-electron chi connectivity index (χ3n) is 2.04. The molecule has 0 fully saturated rings. The summed E-state index contributed by atoms with van der Waals surface area (Å²) in [6.07, 6.45) is 5.20. The molecule has 0 bridgehead atoms. The van der Waals surface area contributed by atoms with Crippen molar-refractivity contribution in [2.75, 3.05) is 6.61 Å². The molecule has 0 amide bonds. The van der Waals surface area contributed by atoms with Crippen molar-refractivity contribution in [2.24, 2.45) is 5.92 Å². The second-order valence-electron chi connectivity index (χ2n) is 2.99. The van der Waals surface area contributed by atoms with Gasteiger partial charge in [-0.05, 0) is 19.3 Å². The molecule has 67 valence electrons. The number of hydrogen-bond acceptors (Lipinski definition) is 1. The maximum absolute atomic E-state index is 5.26. The van der Waals surface area contributed by atoms with Gasteiger partial charge in [-0.3, -0.25) is 0 Å². The van der Waals surface area contributed by atoms with Crippen LogP contribution in [0.4, 0.5) is 0 Å². The van der Waals surface area contributed by atoms with Gasteiger partial charge in [-0.2, -0.15) is 0 Å². The second-order valence-corrected chi connectivity index (χ2v) is 2.99. The van der Waals surface area contributed by atoms with E-state index in [4.69, 9.17) is 4.74 Å². The molecule has 0 aliphatic rings. The predicted molar refractivity (Wildman–Crippen MR) is 49.2 cm³/mol. The van der Waals surface area contributed by atoms with Crippen LogP contribution in [0, 0.1) is 12.5 Å². The minimum Gasteiger partial charge on any atom is -0.376 e. The molecule has 0 aromatic rings. The van der Waals surface area contributed by atoms with Crippen LogP contribution in [0.2, 0.25) is 0 Å². The summed E-state index contributed by atoms with van der Waals surface area (Å²) in [6.45, 7) is 9.10. The van der Waals surface area contributed by atoms with Crippen molar-refractivity contribution in [1.29, 1.82) is 0 Å². The van der Waals surface area contributed by atoms with Crippen LogP contribution in [0.3, 0.4) is 0 Å². The summed E-state index contributed by atoms with van der Waals surface area (Å²) >= 11 is 0. The van der Waals surface area contributed by atoms with Crippen LogP contribution in [0.5, 0.6) is 0 Å². The molecule has 1 unspecified atom stereocenters. The van der Waals surface area contributed by atoms with E-state index < -0.39 is 0 Å². The Morgan fingerprint density at radius 1 is 1.36 bits per heavy atom. The molecule has 0 spiro atoms. The van der Waals surface area contributed by atoms with E-state index in [1.165, 1.54) is 25.7 Å². The Morgan fingerprint density at radius 2 is 2.09 bits per heavy atom. The molecule has 1 radical (unpaired) electrons. The van der Waals surface area contributed by atoms with Crippen molar-refractivity contribution < 1.29 is 4.74 Å². The monoisotopic (exact) mass is 157 g/mol. The number of rotatable bonds is 7. The van der Waals surface area contributed by atoms with Crippen molar-refractivity contribution in [1.82, 2.24) is 0 Å². The first-order chi connectivity index (χ1) is 5.35. The van der Waals surface area contributed by atoms with E-state index in [1.54, 1.807) is 6.61 Å². The maximum Gasteiger partial charge on any atom is 0.0806 e. The first-order valence-corrected chi connectivity index (χ1v) is 4.74.